The summed E-state index contributed by atoms with van der Waals surface area (Å²) in [6, 6.07) is 9.80. The molecule has 1 amide bonds. The van der Waals surface area contributed by atoms with Crippen LogP contribution in [0.4, 0.5) is 0 Å². The van der Waals surface area contributed by atoms with Crippen LogP contribution in [0.15, 0.2) is 36.4 Å². The first kappa shape index (κ1) is 15.4. The first-order valence-corrected chi connectivity index (χ1v) is 7.72. The van der Waals surface area contributed by atoms with E-state index in [1.807, 2.05) is 43.3 Å². The second-order valence-corrected chi connectivity index (χ2v) is 5.67. The maximum atomic E-state index is 12.1. The fraction of sp³-hybridized carbons (Fsp3) is 0.263. The summed E-state index contributed by atoms with van der Waals surface area (Å²) in [6.45, 7) is 4.41. The second-order valence-electron chi connectivity index (χ2n) is 5.67. The minimum Gasteiger partial charge on any atom is -0.378 e. The van der Waals surface area contributed by atoms with Gasteiger partial charge in [-0.05, 0) is 41.0 Å². The van der Waals surface area contributed by atoms with Crippen molar-refractivity contribution in [3.8, 4) is 0 Å². The lowest BCUT2D eigenvalue weighted by molar-refractivity contribution is -0.129. The Morgan fingerprint density at radius 1 is 1.17 bits per heavy atom. The van der Waals surface area contributed by atoms with Gasteiger partial charge in [0.15, 0.2) is 6.29 Å². The number of ether oxygens (including phenoxy) is 1. The van der Waals surface area contributed by atoms with Crippen molar-refractivity contribution in [2.24, 2.45) is 0 Å². The Balaban J connectivity index is 1.83. The first-order valence-electron chi connectivity index (χ1n) is 7.72. The molecule has 3 rings (SSSR count). The van der Waals surface area contributed by atoms with Crippen LogP contribution in [0, 0.1) is 6.92 Å². The molecule has 1 heterocycles. The van der Waals surface area contributed by atoms with Gasteiger partial charge in [0, 0.05) is 24.7 Å². The summed E-state index contributed by atoms with van der Waals surface area (Å²) in [5, 5.41) is 1.94. The zero-order chi connectivity index (χ0) is 16.2. The summed E-state index contributed by atoms with van der Waals surface area (Å²) in [5.74, 6) is 0.00545. The molecule has 1 aliphatic rings. The van der Waals surface area contributed by atoms with E-state index in [4.69, 9.17) is 4.74 Å². The van der Waals surface area contributed by atoms with Gasteiger partial charge in [0.2, 0.25) is 5.91 Å². The number of hydrogen-bond donors (Lipinski definition) is 0. The number of morpholine rings is 1. The molecule has 1 saturated heterocycles. The molecular formula is C19H19NO3. The monoisotopic (exact) mass is 309 g/mol. The molecule has 4 heteroatoms. The van der Waals surface area contributed by atoms with Crippen molar-refractivity contribution in [3.63, 3.8) is 0 Å². The van der Waals surface area contributed by atoms with Crippen LogP contribution in [0.2, 0.25) is 0 Å². The SMILES string of the molecule is Cc1ccc2cc(/C=C/C(=O)N3CCOCC3)ccc2c1C=O. The van der Waals surface area contributed by atoms with E-state index in [-0.39, 0.29) is 5.91 Å². The number of carbonyl (C=O) groups excluding carboxylic acids is 2. The third-order valence-electron chi connectivity index (χ3n) is 4.16. The molecule has 1 fully saturated rings. The Kier molecular flexibility index (Phi) is 4.53. The molecule has 0 aliphatic carbocycles. The largest absolute Gasteiger partial charge is 0.378 e. The number of nitrogens with zero attached hydrogens (tertiary/aromatic N) is 1. The van der Waals surface area contributed by atoms with E-state index in [0.29, 0.717) is 26.3 Å². The molecule has 0 unspecified atom stereocenters. The molecule has 0 bridgehead atoms. The minimum atomic E-state index is 0.00545. The quantitative estimate of drug-likeness (QED) is 0.647. The summed E-state index contributed by atoms with van der Waals surface area (Å²) in [6.07, 6.45) is 4.31. The van der Waals surface area contributed by atoms with Gasteiger partial charge in [-0.15, -0.1) is 0 Å². The van der Waals surface area contributed by atoms with Gasteiger partial charge in [0.25, 0.3) is 0 Å². The van der Waals surface area contributed by atoms with E-state index < -0.39 is 0 Å². The Hall–Kier alpha value is -2.46. The molecular weight excluding hydrogens is 290 g/mol. The lowest BCUT2D eigenvalue weighted by Gasteiger charge is -2.25. The summed E-state index contributed by atoms with van der Waals surface area (Å²) in [7, 11) is 0. The molecule has 0 spiro atoms. The van der Waals surface area contributed by atoms with Gasteiger partial charge in [-0.1, -0.05) is 24.3 Å². The third kappa shape index (κ3) is 3.32. The number of rotatable bonds is 3. The number of aryl methyl sites for hydroxylation is 1. The van der Waals surface area contributed by atoms with E-state index >= 15 is 0 Å². The Labute approximate surface area is 135 Å². The van der Waals surface area contributed by atoms with Crippen molar-refractivity contribution < 1.29 is 14.3 Å². The zero-order valence-corrected chi connectivity index (χ0v) is 13.1. The summed E-state index contributed by atoms with van der Waals surface area (Å²) < 4.78 is 5.25. The first-order chi connectivity index (χ1) is 11.2. The van der Waals surface area contributed by atoms with Crippen molar-refractivity contribution >= 4 is 29.0 Å². The molecule has 23 heavy (non-hydrogen) atoms. The fourth-order valence-corrected chi connectivity index (χ4v) is 2.80. The van der Waals surface area contributed by atoms with E-state index in [1.165, 1.54) is 0 Å². The predicted molar refractivity (Wildman–Crippen MR) is 90.5 cm³/mol. The van der Waals surface area contributed by atoms with Crippen molar-refractivity contribution in [1.29, 1.82) is 0 Å². The Morgan fingerprint density at radius 2 is 1.96 bits per heavy atom. The average Bonchev–Trinajstić information content (AvgIpc) is 2.60. The van der Waals surface area contributed by atoms with Crippen LogP contribution >= 0.6 is 0 Å². The fourth-order valence-electron chi connectivity index (χ4n) is 2.80. The third-order valence-corrected chi connectivity index (χ3v) is 4.16. The lowest BCUT2D eigenvalue weighted by Crippen LogP contribution is -2.39. The molecule has 0 saturated carbocycles. The van der Waals surface area contributed by atoms with E-state index in [1.54, 1.807) is 11.0 Å². The molecule has 4 nitrogen and oxygen atoms in total. The van der Waals surface area contributed by atoms with Crippen molar-refractivity contribution in [3.05, 3.63) is 53.1 Å². The van der Waals surface area contributed by atoms with Crippen molar-refractivity contribution in [2.45, 2.75) is 6.92 Å². The summed E-state index contributed by atoms with van der Waals surface area (Å²) in [4.78, 5) is 25.1. The summed E-state index contributed by atoms with van der Waals surface area (Å²) in [5.41, 5.74) is 2.64. The van der Waals surface area contributed by atoms with Crippen LogP contribution in [0.25, 0.3) is 16.8 Å². The molecule has 0 aromatic heterocycles. The van der Waals surface area contributed by atoms with Gasteiger partial charge in [-0.3, -0.25) is 9.59 Å². The molecule has 2 aromatic rings. The van der Waals surface area contributed by atoms with Gasteiger partial charge in [-0.25, -0.2) is 0 Å². The van der Waals surface area contributed by atoms with Crippen LogP contribution in [0.1, 0.15) is 21.5 Å². The van der Waals surface area contributed by atoms with Crippen LogP contribution in [-0.2, 0) is 9.53 Å². The van der Waals surface area contributed by atoms with E-state index in [2.05, 4.69) is 0 Å². The van der Waals surface area contributed by atoms with Crippen molar-refractivity contribution in [1.82, 2.24) is 4.90 Å². The molecule has 1 aliphatic heterocycles. The maximum Gasteiger partial charge on any atom is 0.246 e. The number of carbonyl (C=O) groups is 2. The summed E-state index contributed by atoms with van der Waals surface area (Å²) >= 11 is 0. The van der Waals surface area contributed by atoms with Crippen molar-refractivity contribution in [2.75, 3.05) is 26.3 Å². The topological polar surface area (TPSA) is 46.6 Å². The Morgan fingerprint density at radius 3 is 2.70 bits per heavy atom. The van der Waals surface area contributed by atoms with Crippen LogP contribution in [-0.4, -0.2) is 43.4 Å². The maximum absolute atomic E-state index is 12.1. The van der Waals surface area contributed by atoms with Gasteiger partial charge >= 0.3 is 0 Å². The van der Waals surface area contributed by atoms with E-state index in [0.717, 1.165) is 33.7 Å². The second kappa shape index (κ2) is 6.75. The highest BCUT2D eigenvalue weighted by Gasteiger charge is 2.13. The number of fused-ring (bicyclic) bond motifs is 1. The lowest BCUT2D eigenvalue weighted by atomic mass is 9.99. The molecule has 0 atom stereocenters. The minimum absolute atomic E-state index is 0.00545. The van der Waals surface area contributed by atoms with Gasteiger partial charge in [0.1, 0.15) is 0 Å². The molecule has 0 N–H and O–H groups in total. The van der Waals surface area contributed by atoms with Crippen LogP contribution in [0.3, 0.4) is 0 Å². The number of benzene rings is 2. The standard InChI is InChI=1S/C19H19NO3/c1-14-2-5-16-12-15(3-6-17(16)18(14)13-21)4-7-19(22)20-8-10-23-11-9-20/h2-7,12-13H,8-11H2,1H3/b7-4+. The number of aldehydes is 1. The highest BCUT2D eigenvalue weighted by molar-refractivity contribution is 6.00. The normalized spacial score (nSPS) is 15.3. The number of hydrogen-bond acceptors (Lipinski definition) is 3. The van der Waals surface area contributed by atoms with Crippen LogP contribution < -0.4 is 0 Å². The van der Waals surface area contributed by atoms with Gasteiger partial charge in [0.05, 0.1) is 13.2 Å². The zero-order valence-electron chi connectivity index (χ0n) is 13.1. The highest BCUT2D eigenvalue weighted by Crippen LogP contribution is 2.22. The molecule has 118 valence electrons. The van der Waals surface area contributed by atoms with Gasteiger partial charge in [-0.2, -0.15) is 0 Å². The highest BCUT2D eigenvalue weighted by atomic mass is 16.5. The Bertz CT molecular complexity index is 774. The van der Waals surface area contributed by atoms with Gasteiger partial charge < -0.3 is 9.64 Å². The van der Waals surface area contributed by atoms with E-state index in [9.17, 15) is 9.59 Å². The molecule has 2 aromatic carbocycles. The predicted octanol–water partition coefficient (Wildman–Crippen LogP) is 2.83. The van der Waals surface area contributed by atoms with Crippen LogP contribution in [0.5, 0.6) is 0 Å². The number of amides is 1. The molecule has 0 radical (unpaired) electrons. The smallest absolute Gasteiger partial charge is 0.246 e. The average molecular weight is 309 g/mol.